The van der Waals surface area contributed by atoms with Crippen molar-refractivity contribution in [2.24, 2.45) is 5.16 Å². The molecule has 0 saturated heterocycles. The van der Waals surface area contributed by atoms with Gasteiger partial charge in [0.1, 0.15) is 12.9 Å². The summed E-state index contributed by atoms with van der Waals surface area (Å²) in [6.07, 6.45) is 2.69. The number of hydrogen-bond acceptors (Lipinski definition) is 3. The van der Waals surface area contributed by atoms with E-state index in [4.69, 9.17) is 4.84 Å². The molecule has 0 saturated carbocycles. The minimum absolute atomic E-state index is 0.123. The molecule has 2 aromatic rings. The summed E-state index contributed by atoms with van der Waals surface area (Å²) >= 11 is 0. The van der Waals surface area contributed by atoms with Crippen LogP contribution in [0, 0.1) is 5.82 Å². The quantitative estimate of drug-likeness (QED) is 0.639. The normalized spacial score (nSPS) is 15.5. The lowest BCUT2D eigenvalue weighted by atomic mass is 9.84. The molecule has 2 aromatic carbocycles. The lowest BCUT2D eigenvalue weighted by Crippen LogP contribution is -2.18. The van der Waals surface area contributed by atoms with E-state index < -0.39 is 0 Å². The molecule has 0 aromatic heterocycles. The molecule has 0 heterocycles. The number of ketones is 1. The topological polar surface area (TPSA) is 38.7 Å². The minimum Gasteiger partial charge on any atom is -0.399 e. The van der Waals surface area contributed by atoms with E-state index in [1.54, 1.807) is 6.07 Å². The highest BCUT2D eigenvalue weighted by atomic mass is 19.1. The summed E-state index contributed by atoms with van der Waals surface area (Å²) in [6, 6.07) is 11.3. The summed E-state index contributed by atoms with van der Waals surface area (Å²) in [4.78, 5) is 17.7. The summed E-state index contributed by atoms with van der Waals surface area (Å²) in [5.41, 5.74) is 3.84. The Morgan fingerprint density at radius 1 is 1.14 bits per heavy atom. The maximum absolute atomic E-state index is 13.0. The van der Waals surface area contributed by atoms with E-state index >= 15 is 0 Å². The van der Waals surface area contributed by atoms with Crippen molar-refractivity contribution in [3.05, 3.63) is 70.5 Å². The van der Waals surface area contributed by atoms with Crippen LogP contribution in [0.5, 0.6) is 0 Å². The minimum atomic E-state index is -0.353. The number of oxime groups is 1. The number of halogens is 1. The Morgan fingerprint density at radius 3 is 2.64 bits per heavy atom. The van der Waals surface area contributed by atoms with Crippen LogP contribution in [0.15, 0.2) is 47.6 Å². The monoisotopic (exact) mass is 297 g/mol. The molecule has 3 nitrogen and oxygen atoms in total. The molecule has 0 unspecified atom stereocenters. The Hall–Kier alpha value is -2.49. The van der Waals surface area contributed by atoms with Gasteiger partial charge in [0.25, 0.3) is 0 Å². The van der Waals surface area contributed by atoms with Gasteiger partial charge in [0.2, 0.25) is 0 Å². The van der Waals surface area contributed by atoms with Crippen LogP contribution >= 0.6 is 0 Å². The van der Waals surface area contributed by atoms with Crippen LogP contribution in [-0.4, -0.2) is 18.6 Å². The van der Waals surface area contributed by atoms with Crippen LogP contribution in [-0.2, 0) is 11.3 Å². The fourth-order valence-electron chi connectivity index (χ4n) is 2.87. The van der Waals surface area contributed by atoms with Crippen molar-refractivity contribution in [2.45, 2.75) is 19.3 Å². The first-order valence-electron chi connectivity index (χ1n) is 7.23. The highest BCUT2D eigenvalue weighted by molar-refractivity contribution is 6.17. The van der Waals surface area contributed by atoms with E-state index in [1.165, 1.54) is 31.4 Å². The number of aryl methyl sites for hydroxylation is 1. The molecular formula is C18H16FNO2. The second-order valence-electron chi connectivity index (χ2n) is 5.25. The van der Waals surface area contributed by atoms with Gasteiger partial charge in [0, 0.05) is 16.7 Å². The van der Waals surface area contributed by atoms with Gasteiger partial charge in [-0.25, -0.2) is 4.39 Å². The van der Waals surface area contributed by atoms with Crippen molar-refractivity contribution in [1.82, 2.24) is 0 Å². The second kappa shape index (κ2) is 6.10. The molecule has 0 spiro atoms. The zero-order chi connectivity index (χ0) is 15.5. The van der Waals surface area contributed by atoms with Gasteiger partial charge < -0.3 is 4.84 Å². The third kappa shape index (κ3) is 2.64. The predicted molar refractivity (Wildman–Crippen MR) is 82.8 cm³/mol. The molecular weight excluding hydrogens is 281 g/mol. The highest BCUT2D eigenvalue weighted by Gasteiger charge is 2.23. The molecule has 4 heteroatoms. The smallest absolute Gasteiger partial charge is 0.193 e. The summed E-state index contributed by atoms with van der Waals surface area (Å²) in [5.74, 6) is -0.476. The van der Waals surface area contributed by atoms with Crippen molar-refractivity contribution >= 4 is 11.5 Å². The standard InChI is InChI=1S/C18H16FNO2/c1-22-20-16-7-3-5-12-4-2-6-15(17(12)16)18(21)13-8-10-14(19)11-9-13/h2,4,6,8-11H,3,5,7H2,1H3/b20-16+. The Balaban J connectivity index is 2.10. The predicted octanol–water partition coefficient (Wildman–Crippen LogP) is 3.74. The number of benzene rings is 2. The van der Waals surface area contributed by atoms with Crippen LogP contribution < -0.4 is 0 Å². The zero-order valence-electron chi connectivity index (χ0n) is 12.3. The summed E-state index contributed by atoms with van der Waals surface area (Å²) in [7, 11) is 1.51. The van der Waals surface area contributed by atoms with Gasteiger partial charge in [-0.2, -0.15) is 0 Å². The van der Waals surface area contributed by atoms with Crippen LogP contribution in [0.3, 0.4) is 0 Å². The van der Waals surface area contributed by atoms with Gasteiger partial charge in [0.15, 0.2) is 5.78 Å². The molecule has 0 amide bonds. The van der Waals surface area contributed by atoms with Gasteiger partial charge in [-0.3, -0.25) is 4.79 Å². The number of rotatable bonds is 3. The number of nitrogens with zero attached hydrogens (tertiary/aromatic N) is 1. The number of fused-ring (bicyclic) bond motifs is 1. The zero-order valence-corrected chi connectivity index (χ0v) is 12.3. The first kappa shape index (κ1) is 14.4. The molecule has 0 bridgehead atoms. The van der Waals surface area contributed by atoms with E-state index in [2.05, 4.69) is 5.16 Å². The Morgan fingerprint density at radius 2 is 1.91 bits per heavy atom. The van der Waals surface area contributed by atoms with Crippen LogP contribution in [0.2, 0.25) is 0 Å². The van der Waals surface area contributed by atoms with Crippen molar-refractivity contribution in [3.8, 4) is 0 Å². The molecule has 1 aliphatic carbocycles. The first-order valence-corrected chi connectivity index (χ1v) is 7.23. The van der Waals surface area contributed by atoms with E-state index in [9.17, 15) is 9.18 Å². The molecule has 0 atom stereocenters. The molecule has 3 rings (SSSR count). The molecule has 0 aliphatic heterocycles. The summed E-state index contributed by atoms with van der Waals surface area (Å²) in [6.45, 7) is 0. The number of carbonyl (C=O) groups is 1. The van der Waals surface area contributed by atoms with E-state index in [-0.39, 0.29) is 11.6 Å². The Bertz CT molecular complexity index is 735. The largest absolute Gasteiger partial charge is 0.399 e. The molecule has 0 radical (unpaired) electrons. The Kier molecular flexibility index (Phi) is 4.00. The van der Waals surface area contributed by atoms with Crippen molar-refractivity contribution in [3.63, 3.8) is 0 Å². The average molecular weight is 297 g/mol. The maximum atomic E-state index is 13.0. The first-order chi connectivity index (χ1) is 10.7. The second-order valence-corrected chi connectivity index (χ2v) is 5.25. The Labute approximate surface area is 128 Å². The van der Waals surface area contributed by atoms with E-state index in [1.807, 2.05) is 12.1 Å². The SMILES string of the molecule is CO/N=C1\CCCc2cccc(C(=O)c3ccc(F)cc3)c21. The summed E-state index contributed by atoms with van der Waals surface area (Å²) in [5, 5.41) is 4.08. The van der Waals surface area contributed by atoms with Gasteiger partial charge in [-0.05, 0) is 49.1 Å². The van der Waals surface area contributed by atoms with Crippen LogP contribution in [0.4, 0.5) is 4.39 Å². The molecule has 22 heavy (non-hydrogen) atoms. The number of carbonyl (C=O) groups excluding carboxylic acids is 1. The van der Waals surface area contributed by atoms with Gasteiger partial charge >= 0.3 is 0 Å². The maximum Gasteiger partial charge on any atom is 0.193 e. The van der Waals surface area contributed by atoms with E-state index in [0.29, 0.717) is 11.1 Å². The van der Waals surface area contributed by atoms with Crippen LogP contribution in [0.25, 0.3) is 0 Å². The third-order valence-corrected chi connectivity index (χ3v) is 3.85. The van der Waals surface area contributed by atoms with Crippen molar-refractivity contribution in [1.29, 1.82) is 0 Å². The van der Waals surface area contributed by atoms with Gasteiger partial charge in [-0.1, -0.05) is 23.4 Å². The van der Waals surface area contributed by atoms with Crippen LogP contribution in [0.1, 0.15) is 39.9 Å². The number of hydrogen-bond donors (Lipinski definition) is 0. The van der Waals surface area contributed by atoms with Crippen molar-refractivity contribution < 1.29 is 14.0 Å². The van der Waals surface area contributed by atoms with Gasteiger partial charge in [0.05, 0.1) is 5.71 Å². The molecule has 112 valence electrons. The third-order valence-electron chi connectivity index (χ3n) is 3.85. The molecule has 1 aliphatic rings. The molecule has 0 fully saturated rings. The lowest BCUT2D eigenvalue weighted by Gasteiger charge is -2.20. The highest BCUT2D eigenvalue weighted by Crippen LogP contribution is 2.27. The summed E-state index contributed by atoms with van der Waals surface area (Å²) < 4.78 is 13.0. The fraction of sp³-hybridized carbons (Fsp3) is 0.222. The lowest BCUT2D eigenvalue weighted by molar-refractivity contribution is 0.103. The average Bonchev–Trinajstić information content (AvgIpc) is 2.55. The fourth-order valence-corrected chi connectivity index (χ4v) is 2.87. The molecule has 0 N–H and O–H groups in total. The van der Waals surface area contributed by atoms with E-state index in [0.717, 1.165) is 36.1 Å². The van der Waals surface area contributed by atoms with Crippen molar-refractivity contribution in [2.75, 3.05) is 7.11 Å². The van der Waals surface area contributed by atoms with Gasteiger partial charge in [-0.15, -0.1) is 0 Å².